The molecule has 0 saturated heterocycles. The number of sulfone groups is 1. The molecule has 1 aromatic rings. The van der Waals surface area contributed by atoms with Crippen molar-refractivity contribution in [3.05, 3.63) is 24.3 Å². The molecule has 0 heterocycles. The standard InChI is InChI=1S/C10H13NO3S/c1-8(12)7-11-9-3-5-10(6-4-9)15(2,13)14/h3-6,11H,7H2,1-2H3. The van der Waals surface area contributed by atoms with Crippen molar-refractivity contribution in [3.63, 3.8) is 0 Å². The van der Waals surface area contributed by atoms with Crippen LogP contribution in [-0.4, -0.2) is 27.0 Å². The summed E-state index contributed by atoms with van der Waals surface area (Å²) >= 11 is 0. The molecular formula is C10H13NO3S. The van der Waals surface area contributed by atoms with Gasteiger partial charge in [-0.05, 0) is 31.2 Å². The van der Waals surface area contributed by atoms with E-state index in [2.05, 4.69) is 5.32 Å². The van der Waals surface area contributed by atoms with Crippen LogP contribution < -0.4 is 5.32 Å². The molecule has 0 bridgehead atoms. The Hall–Kier alpha value is -1.36. The van der Waals surface area contributed by atoms with E-state index in [-0.39, 0.29) is 17.2 Å². The van der Waals surface area contributed by atoms with Crippen LogP contribution in [0.3, 0.4) is 0 Å². The minimum Gasteiger partial charge on any atom is -0.378 e. The largest absolute Gasteiger partial charge is 0.378 e. The first-order chi connectivity index (χ1) is 6.89. The van der Waals surface area contributed by atoms with Gasteiger partial charge in [0.25, 0.3) is 0 Å². The Labute approximate surface area is 89.2 Å². The van der Waals surface area contributed by atoms with Crippen LogP contribution in [0.2, 0.25) is 0 Å². The lowest BCUT2D eigenvalue weighted by molar-refractivity contribution is -0.115. The number of carbonyl (C=O) groups excluding carboxylic acids is 1. The predicted octanol–water partition coefficient (Wildman–Crippen LogP) is 1.09. The molecule has 0 amide bonds. The number of ketones is 1. The van der Waals surface area contributed by atoms with Crippen LogP contribution in [0.25, 0.3) is 0 Å². The summed E-state index contributed by atoms with van der Waals surface area (Å²) in [4.78, 5) is 11.0. The van der Waals surface area contributed by atoms with Crippen LogP contribution in [0.5, 0.6) is 0 Å². The van der Waals surface area contributed by atoms with Crippen molar-refractivity contribution < 1.29 is 13.2 Å². The van der Waals surface area contributed by atoms with Crippen LogP contribution in [0.1, 0.15) is 6.92 Å². The molecule has 0 aliphatic carbocycles. The van der Waals surface area contributed by atoms with Crippen molar-refractivity contribution in [2.75, 3.05) is 18.1 Å². The van der Waals surface area contributed by atoms with Crippen LogP contribution >= 0.6 is 0 Å². The van der Waals surface area contributed by atoms with E-state index < -0.39 is 9.84 Å². The number of rotatable bonds is 4. The normalized spacial score (nSPS) is 11.1. The summed E-state index contributed by atoms with van der Waals surface area (Å²) in [5.41, 5.74) is 0.734. The topological polar surface area (TPSA) is 63.2 Å². The molecule has 0 aliphatic rings. The highest BCUT2D eigenvalue weighted by Crippen LogP contribution is 2.13. The Morgan fingerprint density at radius 3 is 2.20 bits per heavy atom. The van der Waals surface area contributed by atoms with Crippen LogP contribution in [0, 0.1) is 0 Å². The van der Waals surface area contributed by atoms with E-state index in [1.165, 1.54) is 19.1 Å². The van der Waals surface area contributed by atoms with Gasteiger partial charge in [0.1, 0.15) is 5.78 Å². The number of Topliss-reactive ketones (excluding diaryl/α,β-unsaturated/α-hetero) is 1. The summed E-state index contributed by atoms with van der Waals surface area (Å²) in [5.74, 6) is 0.0298. The quantitative estimate of drug-likeness (QED) is 0.836. The van der Waals surface area contributed by atoms with Crippen molar-refractivity contribution in [2.24, 2.45) is 0 Å². The van der Waals surface area contributed by atoms with E-state index in [0.29, 0.717) is 0 Å². The fourth-order valence-corrected chi connectivity index (χ4v) is 1.68. The average molecular weight is 227 g/mol. The molecule has 0 aliphatic heterocycles. The third-order valence-electron chi connectivity index (χ3n) is 1.82. The molecule has 0 radical (unpaired) electrons. The van der Waals surface area contributed by atoms with Crippen molar-refractivity contribution in [1.82, 2.24) is 0 Å². The second-order valence-electron chi connectivity index (χ2n) is 3.35. The molecule has 1 rings (SSSR count). The minimum absolute atomic E-state index is 0.0298. The molecule has 0 spiro atoms. The molecule has 1 aromatic carbocycles. The second-order valence-corrected chi connectivity index (χ2v) is 5.37. The molecule has 0 aromatic heterocycles. The van der Waals surface area contributed by atoms with Gasteiger partial charge in [0.15, 0.2) is 9.84 Å². The first-order valence-corrected chi connectivity index (χ1v) is 6.32. The first-order valence-electron chi connectivity index (χ1n) is 4.43. The lowest BCUT2D eigenvalue weighted by Crippen LogP contribution is -2.09. The zero-order chi connectivity index (χ0) is 11.5. The van der Waals surface area contributed by atoms with Crippen molar-refractivity contribution in [3.8, 4) is 0 Å². The molecule has 82 valence electrons. The third kappa shape index (κ3) is 3.71. The monoisotopic (exact) mass is 227 g/mol. The lowest BCUT2D eigenvalue weighted by Gasteiger charge is -2.04. The van der Waals surface area contributed by atoms with Gasteiger partial charge in [-0.25, -0.2) is 8.42 Å². The molecule has 15 heavy (non-hydrogen) atoms. The molecule has 1 N–H and O–H groups in total. The Morgan fingerprint density at radius 1 is 1.27 bits per heavy atom. The fraction of sp³-hybridized carbons (Fsp3) is 0.300. The molecular weight excluding hydrogens is 214 g/mol. The van der Waals surface area contributed by atoms with Gasteiger partial charge in [-0.3, -0.25) is 4.79 Å². The lowest BCUT2D eigenvalue weighted by atomic mass is 10.3. The predicted molar refractivity (Wildman–Crippen MR) is 58.7 cm³/mol. The van der Waals surface area contributed by atoms with E-state index >= 15 is 0 Å². The van der Waals surface area contributed by atoms with Crippen LogP contribution in [0.4, 0.5) is 5.69 Å². The minimum atomic E-state index is -3.15. The van der Waals surface area contributed by atoms with Crippen molar-refractivity contribution in [2.45, 2.75) is 11.8 Å². The van der Waals surface area contributed by atoms with Gasteiger partial charge in [0.2, 0.25) is 0 Å². The zero-order valence-electron chi connectivity index (χ0n) is 8.65. The maximum atomic E-state index is 11.1. The van der Waals surface area contributed by atoms with Crippen LogP contribution in [-0.2, 0) is 14.6 Å². The van der Waals surface area contributed by atoms with E-state index in [1.807, 2.05) is 0 Å². The van der Waals surface area contributed by atoms with Crippen molar-refractivity contribution in [1.29, 1.82) is 0 Å². The second kappa shape index (κ2) is 4.44. The first kappa shape index (κ1) is 11.7. The SMILES string of the molecule is CC(=O)CNc1ccc(S(C)(=O)=O)cc1. The average Bonchev–Trinajstić information content (AvgIpc) is 2.14. The summed E-state index contributed by atoms with van der Waals surface area (Å²) in [6.07, 6.45) is 1.16. The summed E-state index contributed by atoms with van der Waals surface area (Å²) in [7, 11) is -3.15. The van der Waals surface area contributed by atoms with E-state index in [9.17, 15) is 13.2 Å². The van der Waals surface area contributed by atoms with E-state index in [1.54, 1.807) is 12.1 Å². The Balaban J connectivity index is 2.77. The maximum Gasteiger partial charge on any atom is 0.175 e. The summed E-state index contributed by atoms with van der Waals surface area (Å²) in [6.45, 7) is 1.73. The highest BCUT2D eigenvalue weighted by molar-refractivity contribution is 7.90. The van der Waals surface area contributed by atoms with Gasteiger partial charge >= 0.3 is 0 Å². The molecule has 0 saturated carbocycles. The van der Waals surface area contributed by atoms with E-state index in [4.69, 9.17) is 0 Å². The summed E-state index contributed by atoms with van der Waals surface area (Å²) in [6, 6.07) is 6.30. The number of nitrogens with one attached hydrogen (secondary N) is 1. The Morgan fingerprint density at radius 2 is 1.80 bits per heavy atom. The Kier molecular flexibility index (Phi) is 3.47. The van der Waals surface area contributed by atoms with Gasteiger partial charge < -0.3 is 5.32 Å². The van der Waals surface area contributed by atoms with Crippen LogP contribution in [0.15, 0.2) is 29.2 Å². The van der Waals surface area contributed by atoms with Gasteiger partial charge in [0.05, 0.1) is 11.4 Å². The van der Waals surface area contributed by atoms with Gasteiger partial charge in [-0.2, -0.15) is 0 Å². The van der Waals surface area contributed by atoms with Gasteiger partial charge in [0, 0.05) is 11.9 Å². The van der Waals surface area contributed by atoms with E-state index in [0.717, 1.165) is 11.9 Å². The molecule has 4 nitrogen and oxygen atoms in total. The highest BCUT2D eigenvalue weighted by Gasteiger charge is 2.05. The number of benzene rings is 1. The fourth-order valence-electron chi connectivity index (χ4n) is 1.05. The molecule has 0 unspecified atom stereocenters. The summed E-state index contributed by atoms with van der Waals surface area (Å²) < 4.78 is 22.3. The third-order valence-corrected chi connectivity index (χ3v) is 2.95. The summed E-state index contributed by atoms with van der Waals surface area (Å²) in [5, 5.41) is 2.88. The zero-order valence-corrected chi connectivity index (χ0v) is 9.47. The maximum absolute atomic E-state index is 11.1. The Bertz CT molecular complexity index is 448. The number of hydrogen-bond donors (Lipinski definition) is 1. The molecule has 5 heteroatoms. The van der Waals surface area contributed by atoms with Crippen molar-refractivity contribution >= 4 is 21.3 Å². The number of hydrogen-bond acceptors (Lipinski definition) is 4. The number of carbonyl (C=O) groups is 1. The number of anilines is 1. The highest BCUT2D eigenvalue weighted by atomic mass is 32.2. The smallest absolute Gasteiger partial charge is 0.175 e. The molecule has 0 fully saturated rings. The van der Waals surface area contributed by atoms with Gasteiger partial charge in [-0.1, -0.05) is 0 Å². The molecule has 0 atom stereocenters. The van der Waals surface area contributed by atoms with Gasteiger partial charge in [-0.15, -0.1) is 0 Å².